The third kappa shape index (κ3) is 3.60. The lowest BCUT2D eigenvalue weighted by Gasteiger charge is -2.04. The fraction of sp³-hybridized carbons (Fsp3) is 0.176. The molecule has 3 aromatic rings. The standard InChI is InChI=1S/C17H17BrN4O/c1-19-10-13-4-8-16(9-5-13)21-12-20-22(17(21)23)11-14-2-6-15(18)7-3-14/h2-9,12,19H,10-11H2,1H3. The lowest BCUT2D eigenvalue weighted by atomic mass is 10.2. The summed E-state index contributed by atoms with van der Waals surface area (Å²) in [6.45, 7) is 1.26. The molecular formula is C17H17BrN4O. The summed E-state index contributed by atoms with van der Waals surface area (Å²) in [6.07, 6.45) is 1.56. The highest BCUT2D eigenvalue weighted by molar-refractivity contribution is 9.10. The molecule has 1 N–H and O–H groups in total. The van der Waals surface area contributed by atoms with E-state index in [0.717, 1.165) is 22.3 Å². The Morgan fingerprint density at radius 2 is 1.70 bits per heavy atom. The normalized spacial score (nSPS) is 10.9. The first-order valence-corrected chi connectivity index (χ1v) is 8.09. The molecule has 0 unspecified atom stereocenters. The van der Waals surface area contributed by atoms with Gasteiger partial charge in [-0.05, 0) is 42.4 Å². The molecule has 1 aromatic heterocycles. The van der Waals surface area contributed by atoms with Crippen LogP contribution >= 0.6 is 15.9 Å². The van der Waals surface area contributed by atoms with Crippen LogP contribution in [0.3, 0.4) is 0 Å². The van der Waals surface area contributed by atoms with Crippen molar-refractivity contribution in [1.29, 1.82) is 0 Å². The summed E-state index contributed by atoms with van der Waals surface area (Å²) >= 11 is 3.40. The summed E-state index contributed by atoms with van der Waals surface area (Å²) in [7, 11) is 1.91. The van der Waals surface area contributed by atoms with Gasteiger partial charge in [0.25, 0.3) is 0 Å². The van der Waals surface area contributed by atoms with Crippen LogP contribution in [0.4, 0.5) is 0 Å². The summed E-state index contributed by atoms with van der Waals surface area (Å²) in [5.74, 6) is 0. The van der Waals surface area contributed by atoms with Crippen molar-refractivity contribution < 1.29 is 0 Å². The highest BCUT2D eigenvalue weighted by Crippen LogP contribution is 2.11. The highest BCUT2D eigenvalue weighted by Gasteiger charge is 2.07. The molecule has 0 aliphatic carbocycles. The minimum absolute atomic E-state index is 0.144. The predicted octanol–water partition coefficient (Wildman–Crippen LogP) is 2.56. The number of halogens is 1. The Hall–Kier alpha value is -2.18. The molecule has 0 saturated heterocycles. The van der Waals surface area contributed by atoms with Crippen molar-refractivity contribution in [3.05, 3.63) is 80.9 Å². The molecule has 0 fully saturated rings. The van der Waals surface area contributed by atoms with Gasteiger partial charge >= 0.3 is 5.69 Å². The van der Waals surface area contributed by atoms with E-state index in [-0.39, 0.29) is 5.69 Å². The van der Waals surface area contributed by atoms with E-state index in [1.807, 2.05) is 55.6 Å². The van der Waals surface area contributed by atoms with Gasteiger partial charge in [0.1, 0.15) is 6.33 Å². The fourth-order valence-electron chi connectivity index (χ4n) is 2.36. The summed E-state index contributed by atoms with van der Waals surface area (Å²) in [6, 6.07) is 15.7. The third-order valence-corrected chi connectivity index (χ3v) is 4.10. The first-order chi connectivity index (χ1) is 11.2. The minimum Gasteiger partial charge on any atom is -0.316 e. The van der Waals surface area contributed by atoms with E-state index in [1.165, 1.54) is 10.2 Å². The number of benzene rings is 2. The molecule has 23 heavy (non-hydrogen) atoms. The molecule has 0 amide bonds. The lowest BCUT2D eigenvalue weighted by Crippen LogP contribution is -2.24. The maximum absolute atomic E-state index is 12.5. The number of nitrogens with one attached hydrogen (secondary N) is 1. The molecule has 2 aromatic carbocycles. The van der Waals surface area contributed by atoms with Crippen LogP contribution < -0.4 is 11.0 Å². The van der Waals surface area contributed by atoms with Gasteiger partial charge in [-0.1, -0.05) is 40.2 Å². The van der Waals surface area contributed by atoms with Crippen molar-refractivity contribution >= 4 is 15.9 Å². The van der Waals surface area contributed by atoms with Crippen molar-refractivity contribution in [3.63, 3.8) is 0 Å². The predicted molar refractivity (Wildman–Crippen MR) is 93.8 cm³/mol. The van der Waals surface area contributed by atoms with E-state index in [1.54, 1.807) is 10.9 Å². The van der Waals surface area contributed by atoms with Gasteiger partial charge in [0.2, 0.25) is 0 Å². The average Bonchev–Trinajstić information content (AvgIpc) is 2.92. The second-order valence-electron chi connectivity index (χ2n) is 5.26. The number of hydrogen-bond donors (Lipinski definition) is 1. The Balaban J connectivity index is 1.84. The van der Waals surface area contributed by atoms with Gasteiger partial charge in [-0.3, -0.25) is 0 Å². The van der Waals surface area contributed by atoms with Crippen LogP contribution in [0.5, 0.6) is 0 Å². The molecule has 0 radical (unpaired) electrons. The molecule has 0 bridgehead atoms. The lowest BCUT2D eigenvalue weighted by molar-refractivity contribution is 0.653. The average molecular weight is 373 g/mol. The molecule has 0 spiro atoms. The number of nitrogens with zero attached hydrogens (tertiary/aromatic N) is 3. The summed E-state index contributed by atoms with van der Waals surface area (Å²) in [4.78, 5) is 12.5. The molecule has 3 rings (SSSR count). The Morgan fingerprint density at radius 3 is 2.35 bits per heavy atom. The van der Waals surface area contributed by atoms with E-state index in [2.05, 4.69) is 26.3 Å². The summed E-state index contributed by atoms with van der Waals surface area (Å²) in [5, 5.41) is 7.31. The molecule has 0 aliphatic heterocycles. The van der Waals surface area contributed by atoms with Crippen LogP contribution in [-0.2, 0) is 13.1 Å². The van der Waals surface area contributed by atoms with E-state index >= 15 is 0 Å². The molecular weight excluding hydrogens is 356 g/mol. The van der Waals surface area contributed by atoms with Crippen molar-refractivity contribution in [3.8, 4) is 5.69 Å². The van der Waals surface area contributed by atoms with Crippen LogP contribution in [0, 0.1) is 0 Å². The minimum atomic E-state index is -0.144. The van der Waals surface area contributed by atoms with Gasteiger partial charge in [0.05, 0.1) is 12.2 Å². The second kappa shape index (κ2) is 6.93. The molecule has 0 aliphatic rings. The maximum atomic E-state index is 12.5. The monoisotopic (exact) mass is 372 g/mol. The van der Waals surface area contributed by atoms with Gasteiger partial charge in [-0.25, -0.2) is 14.0 Å². The first kappa shape index (κ1) is 15.7. The van der Waals surface area contributed by atoms with Crippen LogP contribution in [0.1, 0.15) is 11.1 Å². The Morgan fingerprint density at radius 1 is 1.04 bits per heavy atom. The molecule has 1 heterocycles. The molecule has 118 valence electrons. The largest absolute Gasteiger partial charge is 0.350 e. The topological polar surface area (TPSA) is 51.9 Å². The van der Waals surface area contributed by atoms with Gasteiger partial charge < -0.3 is 5.32 Å². The SMILES string of the molecule is CNCc1ccc(-n2cnn(Cc3ccc(Br)cc3)c2=O)cc1. The van der Waals surface area contributed by atoms with Crippen molar-refractivity contribution in [2.24, 2.45) is 0 Å². The van der Waals surface area contributed by atoms with Crippen molar-refractivity contribution in [2.45, 2.75) is 13.1 Å². The molecule has 0 atom stereocenters. The van der Waals surface area contributed by atoms with Crippen LogP contribution in [0.25, 0.3) is 5.69 Å². The number of aromatic nitrogens is 3. The van der Waals surface area contributed by atoms with E-state index in [4.69, 9.17) is 0 Å². The van der Waals surface area contributed by atoms with Gasteiger partial charge in [-0.15, -0.1) is 0 Å². The van der Waals surface area contributed by atoms with Crippen LogP contribution in [0.2, 0.25) is 0 Å². The van der Waals surface area contributed by atoms with Gasteiger partial charge in [-0.2, -0.15) is 5.10 Å². The van der Waals surface area contributed by atoms with Gasteiger partial charge in [0.15, 0.2) is 0 Å². The fourth-order valence-corrected chi connectivity index (χ4v) is 2.63. The zero-order chi connectivity index (χ0) is 16.2. The van der Waals surface area contributed by atoms with E-state index in [0.29, 0.717) is 6.54 Å². The third-order valence-electron chi connectivity index (χ3n) is 3.57. The van der Waals surface area contributed by atoms with Crippen LogP contribution in [0.15, 0.2) is 64.1 Å². The smallest absolute Gasteiger partial charge is 0.316 e. The summed E-state index contributed by atoms with van der Waals surface area (Å²) in [5.41, 5.74) is 2.88. The maximum Gasteiger partial charge on any atom is 0.350 e. The Labute approximate surface area is 142 Å². The van der Waals surface area contributed by atoms with Crippen molar-refractivity contribution in [2.75, 3.05) is 7.05 Å². The van der Waals surface area contributed by atoms with Crippen LogP contribution in [-0.4, -0.2) is 21.4 Å². The molecule has 5 nitrogen and oxygen atoms in total. The molecule has 0 saturated carbocycles. The highest BCUT2D eigenvalue weighted by atomic mass is 79.9. The second-order valence-corrected chi connectivity index (χ2v) is 6.18. The zero-order valence-electron chi connectivity index (χ0n) is 12.7. The van der Waals surface area contributed by atoms with E-state index < -0.39 is 0 Å². The number of rotatable bonds is 5. The van der Waals surface area contributed by atoms with E-state index in [9.17, 15) is 4.79 Å². The van der Waals surface area contributed by atoms with Gasteiger partial charge in [0, 0.05) is 11.0 Å². The Kier molecular flexibility index (Phi) is 4.73. The first-order valence-electron chi connectivity index (χ1n) is 7.30. The van der Waals surface area contributed by atoms with Crippen molar-refractivity contribution in [1.82, 2.24) is 19.7 Å². The quantitative estimate of drug-likeness (QED) is 0.748. The molecule has 6 heteroatoms. The number of hydrogen-bond acceptors (Lipinski definition) is 3. The Bertz CT molecular complexity index is 834. The summed E-state index contributed by atoms with van der Waals surface area (Å²) < 4.78 is 4.04. The zero-order valence-corrected chi connectivity index (χ0v) is 14.3.